The Kier molecular flexibility index (Phi) is 6.88. The van der Waals surface area contributed by atoms with Crippen LogP contribution in [0.4, 0.5) is 0 Å². The highest BCUT2D eigenvalue weighted by Gasteiger charge is 2.47. The topological polar surface area (TPSA) is 244 Å². The van der Waals surface area contributed by atoms with Crippen LogP contribution < -0.4 is 0 Å². The zero-order valence-corrected chi connectivity index (χ0v) is 17.0. The fourth-order valence-electron chi connectivity index (χ4n) is 3.07. The van der Waals surface area contributed by atoms with Crippen LogP contribution in [0.1, 0.15) is 20.7 Å². The maximum atomic E-state index is 12.4. The van der Waals surface area contributed by atoms with Crippen LogP contribution in [0.3, 0.4) is 0 Å². The number of carbonyl (C=O) groups excluding carboxylic acids is 2. The third-order valence-corrected chi connectivity index (χ3v) is 4.89. The van der Waals surface area contributed by atoms with Gasteiger partial charge in [0, 0.05) is 0 Å². The van der Waals surface area contributed by atoms with E-state index in [9.17, 15) is 55.5 Å². The van der Waals surface area contributed by atoms with Gasteiger partial charge in [0.15, 0.2) is 46.9 Å². The lowest BCUT2D eigenvalue weighted by atomic mass is 9.99. The van der Waals surface area contributed by atoms with Gasteiger partial charge in [-0.15, -0.1) is 0 Å². The number of aliphatic hydroxyl groups is 3. The van der Waals surface area contributed by atoms with Crippen LogP contribution in [0.15, 0.2) is 24.3 Å². The average Bonchev–Trinajstić information content (AvgIpc) is 2.79. The molecule has 5 atom stereocenters. The van der Waals surface area contributed by atoms with Crippen LogP contribution in [0.5, 0.6) is 34.5 Å². The van der Waals surface area contributed by atoms with Gasteiger partial charge in [0.25, 0.3) is 0 Å². The SMILES string of the molecule is O=C(OC[C@H]1O[C@H](O)[C@H](O)[C@H](OC(=O)c2cc(O)c(O)c(O)c2)[C@@H]1O)c1cc(O)c(O)c(O)c1. The van der Waals surface area contributed by atoms with Crippen molar-refractivity contribution in [2.75, 3.05) is 6.61 Å². The number of rotatable bonds is 5. The molecule has 0 aromatic heterocycles. The first-order chi connectivity index (χ1) is 15.9. The van der Waals surface area contributed by atoms with Gasteiger partial charge in [-0.3, -0.25) is 0 Å². The molecule has 14 heteroatoms. The third kappa shape index (κ3) is 4.84. The van der Waals surface area contributed by atoms with Crippen LogP contribution in [0, 0.1) is 0 Å². The van der Waals surface area contributed by atoms with Crippen molar-refractivity contribution in [3.05, 3.63) is 35.4 Å². The van der Waals surface area contributed by atoms with Gasteiger partial charge in [-0.1, -0.05) is 0 Å². The molecule has 2 aromatic carbocycles. The molecule has 1 aliphatic rings. The molecule has 0 saturated carbocycles. The molecule has 184 valence electrons. The summed E-state index contributed by atoms with van der Waals surface area (Å²) in [5.41, 5.74) is -0.850. The van der Waals surface area contributed by atoms with E-state index in [1.807, 2.05) is 0 Å². The maximum Gasteiger partial charge on any atom is 0.338 e. The van der Waals surface area contributed by atoms with Crippen molar-refractivity contribution in [3.63, 3.8) is 0 Å². The summed E-state index contributed by atoms with van der Waals surface area (Å²) < 4.78 is 14.8. The summed E-state index contributed by atoms with van der Waals surface area (Å²) >= 11 is 0. The van der Waals surface area contributed by atoms with Crippen molar-refractivity contribution >= 4 is 11.9 Å². The highest BCUT2D eigenvalue weighted by Crippen LogP contribution is 2.37. The molecule has 1 fully saturated rings. The van der Waals surface area contributed by atoms with E-state index in [-0.39, 0.29) is 5.56 Å². The molecule has 9 N–H and O–H groups in total. The minimum absolute atomic E-state index is 0.381. The standard InChI is InChI=1S/C20H20O14/c21-8-1-6(2-9(22)13(8)25)18(29)32-5-12-15(27)17(16(28)20(31)33-12)34-19(30)7-3-10(23)14(26)11(24)4-7/h1-4,12,15-17,20-28,31H,5H2/t12-,15-,16-,17-,20+/m1/s1. The van der Waals surface area contributed by atoms with Gasteiger partial charge >= 0.3 is 11.9 Å². The Morgan fingerprint density at radius 1 is 0.735 bits per heavy atom. The molecule has 0 bridgehead atoms. The largest absolute Gasteiger partial charge is 0.504 e. The number of esters is 2. The van der Waals surface area contributed by atoms with Crippen LogP contribution in [0.25, 0.3) is 0 Å². The van der Waals surface area contributed by atoms with Gasteiger partial charge in [-0.05, 0) is 24.3 Å². The van der Waals surface area contributed by atoms with Crippen molar-refractivity contribution in [1.29, 1.82) is 0 Å². The second-order valence-corrected chi connectivity index (χ2v) is 7.24. The van der Waals surface area contributed by atoms with E-state index in [2.05, 4.69) is 0 Å². The molecule has 2 aromatic rings. The molecule has 0 amide bonds. The van der Waals surface area contributed by atoms with Gasteiger partial charge in [0.2, 0.25) is 0 Å². The second-order valence-electron chi connectivity index (χ2n) is 7.24. The van der Waals surface area contributed by atoms with Crippen LogP contribution in [-0.4, -0.2) is 95.2 Å². The first-order valence-corrected chi connectivity index (χ1v) is 9.48. The van der Waals surface area contributed by atoms with E-state index < -0.39 is 89.3 Å². The monoisotopic (exact) mass is 484 g/mol. The van der Waals surface area contributed by atoms with Gasteiger partial charge < -0.3 is 60.2 Å². The minimum Gasteiger partial charge on any atom is -0.504 e. The Balaban J connectivity index is 1.71. The normalized spacial score (nSPS) is 24.4. The molecular weight excluding hydrogens is 464 g/mol. The molecule has 0 aliphatic carbocycles. The summed E-state index contributed by atoms with van der Waals surface area (Å²) in [5, 5.41) is 87.1. The third-order valence-electron chi connectivity index (χ3n) is 4.89. The van der Waals surface area contributed by atoms with E-state index in [0.717, 1.165) is 24.3 Å². The summed E-state index contributed by atoms with van der Waals surface area (Å²) in [6, 6.07) is 3.07. The molecule has 1 aliphatic heterocycles. The lowest BCUT2D eigenvalue weighted by Crippen LogP contribution is -2.60. The van der Waals surface area contributed by atoms with Crippen LogP contribution in [-0.2, 0) is 14.2 Å². The van der Waals surface area contributed by atoms with E-state index in [1.54, 1.807) is 0 Å². The van der Waals surface area contributed by atoms with Gasteiger partial charge in [0.05, 0.1) is 11.1 Å². The van der Waals surface area contributed by atoms with Crippen molar-refractivity contribution in [1.82, 2.24) is 0 Å². The first kappa shape index (κ1) is 24.7. The predicted octanol–water partition coefficient (Wildman–Crippen LogP) is -1.26. The molecule has 0 spiro atoms. The van der Waals surface area contributed by atoms with Crippen molar-refractivity contribution in [2.45, 2.75) is 30.7 Å². The van der Waals surface area contributed by atoms with Crippen molar-refractivity contribution in [2.24, 2.45) is 0 Å². The summed E-state index contributed by atoms with van der Waals surface area (Å²) in [6.45, 7) is -0.749. The van der Waals surface area contributed by atoms with E-state index in [4.69, 9.17) is 14.2 Å². The number of hydrogen-bond acceptors (Lipinski definition) is 14. The predicted molar refractivity (Wildman–Crippen MR) is 105 cm³/mol. The Hall–Kier alpha value is -3.98. The summed E-state index contributed by atoms with van der Waals surface area (Å²) in [5.74, 6) is -7.48. The molecule has 1 heterocycles. The smallest absolute Gasteiger partial charge is 0.338 e. The van der Waals surface area contributed by atoms with Crippen molar-refractivity contribution in [3.8, 4) is 34.5 Å². The Labute approximate surface area is 189 Å². The molecule has 0 radical (unpaired) electrons. The summed E-state index contributed by atoms with van der Waals surface area (Å²) in [6.07, 6.45) is -9.14. The molecule has 0 unspecified atom stereocenters. The fraction of sp³-hybridized carbons (Fsp3) is 0.300. The zero-order valence-electron chi connectivity index (χ0n) is 17.0. The molecule has 14 nitrogen and oxygen atoms in total. The number of hydrogen-bond donors (Lipinski definition) is 9. The second kappa shape index (κ2) is 9.48. The number of carbonyl (C=O) groups is 2. The van der Waals surface area contributed by atoms with Crippen LogP contribution in [0.2, 0.25) is 0 Å². The summed E-state index contributed by atoms with van der Waals surface area (Å²) in [7, 11) is 0. The number of phenolic OH excluding ortho intramolecular Hbond substituents is 6. The van der Waals surface area contributed by atoms with E-state index in [0.29, 0.717) is 0 Å². The lowest BCUT2D eigenvalue weighted by Gasteiger charge is -2.39. The summed E-state index contributed by atoms with van der Waals surface area (Å²) in [4.78, 5) is 24.5. The average molecular weight is 484 g/mol. The van der Waals surface area contributed by atoms with Gasteiger partial charge in [-0.2, -0.15) is 0 Å². The zero-order chi connectivity index (χ0) is 25.3. The number of phenols is 6. The van der Waals surface area contributed by atoms with Crippen molar-refractivity contribution < 1.29 is 69.8 Å². The number of ether oxygens (including phenoxy) is 3. The Morgan fingerprint density at radius 3 is 1.65 bits per heavy atom. The minimum atomic E-state index is -1.99. The van der Waals surface area contributed by atoms with E-state index >= 15 is 0 Å². The highest BCUT2D eigenvalue weighted by molar-refractivity contribution is 5.91. The molecular formula is C20H20O14. The number of benzene rings is 2. The molecule has 1 saturated heterocycles. The molecule has 3 rings (SSSR count). The Bertz CT molecular complexity index is 1050. The maximum absolute atomic E-state index is 12.4. The lowest BCUT2D eigenvalue weighted by molar-refractivity contribution is -0.285. The van der Waals surface area contributed by atoms with Crippen LogP contribution >= 0.6 is 0 Å². The molecule has 34 heavy (non-hydrogen) atoms. The van der Waals surface area contributed by atoms with Gasteiger partial charge in [0.1, 0.15) is 24.9 Å². The quantitative estimate of drug-likeness (QED) is 0.178. The van der Waals surface area contributed by atoms with E-state index in [1.165, 1.54) is 0 Å². The van der Waals surface area contributed by atoms with Gasteiger partial charge in [-0.25, -0.2) is 9.59 Å². The number of aromatic hydroxyl groups is 6. The number of aliphatic hydroxyl groups excluding tert-OH is 3. The Morgan fingerprint density at radius 2 is 1.18 bits per heavy atom. The fourth-order valence-corrected chi connectivity index (χ4v) is 3.07. The highest BCUT2D eigenvalue weighted by atomic mass is 16.7. The first-order valence-electron chi connectivity index (χ1n) is 9.48.